The first-order chi connectivity index (χ1) is 13.9. The molecule has 2 amide bonds. The molecule has 0 saturated carbocycles. The quantitative estimate of drug-likeness (QED) is 0.293. The molecule has 0 heterocycles. The van der Waals surface area contributed by atoms with Crippen molar-refractivity contribution in [3.63, 3.8) is 0 Å². The van der Waals surface area contributed by atoms with Crippen LogP contribution in [0.3, 0.4) is 0 Å². The van der Waals surface area contributed by atoms with E-state index in [4.69, 9.17) is 0 Å². The summed E-state index contributed by atoms with van der Waals surface area (Å²) in [6.45, 7) is 1.24. The van der Waals surface area contributed by atoms with Gasteiger partial charge in [-0.3, -0.25) is 19.7 Å². The highest BCUT2D eigenvalue weighted by molar-refractivity contribution is 6.05. The van der Waals surface area contributed by atoms with Crippen molar-refractivity contribution in [1.82, 2.24) is 15.5 Å². The van der Waals surface area contributed by atoms with Crippen LogP contribution in [0, 0.1) is 10.1 Å². The second kappa shape index (κ2) is 10.7. The molecule has 0 atom stereocenters. The SMILES string of the molecule is CN(C)CCCNC(=O)/C(=C\c1cccc([N+](=O)[O-])c1)NC(=O)c1ccccc1. The smallest absolute Gasteiger partial charge is 0.270 e. The molecule has 0 aliphatic rings. The van der Waals surface area contributed by atoms with E-state index in [-0.39, 0.29) is 11.4 Å². The van der Waals surface area contributed by atoms with Gasteiger partial charge in [-0.2, -0.15) is 0 Å². The summed E-state index contributed by atoms with van der Waals surface area (Å²) < 4.78 is 0. The second-order valence-corrected chi connectivity index (χ2v) is 6.64. The van der Waals surface area contributed by atoms with Crippen molar-refractivity contribution in [3.05, 3.63) is 81.5 Å². The van der Waals surface area contributed by atoms with Crippen LogP contribution < -0.4 is 10.6 Å². The Bertz CT molecular complexity index is 895. The van der Waals surface area contributed by atoms with Gasteiger partial charge in [-0.1, -0.05) is 30.3 Å². The summed E-state index contributed by atoms with van der Waals surface area (Å²) in [4.78, 5) is 37.6. The molecule has 152 valence electrons. The Morgan fingerprint density at radius 3 is 2.48 bits per heavy atom. The monoisotopic (exact) mass is 396 g/mol. The average molecular weight is 396 g/mol. The van der Waals surface area contributed by atoms with Gasteiger partial charge in [-0.05, 0) is 50.8 Å². The first-order valence-corrected chi connectivity index (χ1v) is 9.12. The number of nitro benzene ring substituents is 1. The number of amides is 2. The van der Waals surface area contributed by atoms with Crippen molar-refractivity contribution < 1.29 is 14.5 Å². The third-order valence-electron chi connectivity index (χ3n) is 3.99. The van der Waals surface area contributed by atoms with Gasteiger partial charge in [0, 0.05) is 24.2 Å². The van der Waals surface area contributed by atoms with Crippen LogP contribution in [0.4, 0.5) is 5.69 Å². The van der Waals surface area contributed by atoms with Crippen molar-refractivity contribution in [1.29, 1.82) is 0 Å². The maximum Gasteiger partial charge on any atom is 0.270 e. The zero-order valence-corrected chi connectivity index (χ0v) is 16.4. The molecular weight excluding hydrogens is 372 g/mol. The van der Waals surface area contributed by atoms with E-state index in [2.05, 4.69) is 10.6 Å². The number of hydrogen-bond acceptors (Lipinski definition) is 5. The number of carbonyl (C=O) groups is 2. The minimum Gasteiger partial charge on any atom is -0.351 e. The van der Waals surface area contributed by atoms with Crippen molar-refractivity contribution in [2.75, 3.05) is 27.2 Å². The van der Waals surface area contributed by atoms with Gasteiger partial charge in [0.2, 0.25) is 0 Å². The molecule has 0 spiro atoms. The van der Waals surface area contributed by atoms with Crippen molar-refractivity contribution in [3.8, 4) is 0 Å². The maximum atomic E-state index is 12.6. The fourth-order valence-electron chi connectivity index (χ4n) is 2.53. The Morgan fingerprint density at radius 2 is 1.83 bits per heavy atom. The first kappa shape index (κ1) is 21.8. The largest absolute Gasteiger partial charge is 0.351 e. The standard InChI is InChI=1S/C21H24N4O4/c1-24(2)13-7-12-22-21(27)19(23-20(26)17-9-4-3-5-10-17)15-16-8-6-11-18(14-16)25(28)29/h3-6,8-11,14-15H,7,12-13H2,1-2H3,(H,22,27)(H,23,26)/b19-15+. The van der Waals surface area contributed by atoms with Crippen LogP contribution in [0.15, 0.2) is 60.3 Å². The molecule has 2 N–H and O–H groups in total. The summed E-state index contributed by atoms with van der Waals surface area (Å²) in [5, 5.41) is 16.4. The van der Waals surface area contributed by atoms with E-state index in [0.29, 0.717) is 17.7 Å². The van der Waals surface area contributed by atoms with E-state index >= 15 is 0 Å². The maximum absolute atomic E-state index is 12.6. The van der Waals surface area contributed by atoms with Crippen LogP contribution >= 0.6 is 0 Å². The Labute approximate surface area is 169 Å². The zero-order valence-electron chi connectivity index (χ0n) is 16.4. The summed E-state index contributed by atoms with van der Waals surface area (Å²) >= 11 is 0. The van der Waals surface area contributed by atoms with Gasteiger partial charge >= 0.3 is 0 Å². The highest BCUT2D eigenvalue weighted by Gasteiger charge is 2.15. The van der Waals surface area contributed by atoms with Crippen LogP contribution in [0.5, 0.6) is 0 Å². The van der Waals surface area contributed by atoms with Crippen LogP contribution in [-0.4, -0.2) is 48.8 Å². The molecule has 29 heavy (non-hydrogen) atoms. The number of nitrogens with zero attached hydrogens (tertiary/aromatic N) is 2. The lowest BCUT2D eigenvalue weighted by Crippen LogP contribution is -2.36. The van der Waals surface area contributed by atoms with Gasteiger partial charge in [0.15, 0.2) is 0 Å². The molecule has 0 bridgehead atoms. The Morgan fingerprint density at radius 1 is 1.10 bits per heavy atom. The second-order valence-electron chi connectivity index (χ2n) is 6.64. The van der Waals surface area contributed by atoms with E-state index < -0.39 is 16.7 Å². The van der Waals surface area contributed by atoms with Crippen LogP contribution in [0.1, 0.15) is 22.3 Å². The van der Waals surface area contributed by atoms with Crippen molar-refractivity contribution in [2.24, 2.45) is 0 Å². The van der Waals surface area contributed by atoms with E-state index in [1.807, 2.05) is 19.0 Å². The molecule has 2 rings (SSSR count). The lowest BCUT2D eigenvalue weighted by molar-refractivity contribution is -0.384. The van der Waals surface area contributed by atoms with Crippen LogP contribution in [0.2, 0.25) is 0 Å². The fraction of sp³-hybridized carbons (Fsp3) is 0.238. The van der Waals surface area contributed by atoms with Gasteiger partial charge in [0.05, 0.1) is 4.92 Å². The summed E-state index contributed by atoms with van der Waals surface area (Å²) in [6.07, 6.45) is 2.17. The highest BCUT2D eigenvalue weighted by Crippen LogP contribution is 2.15. The summed E-state index contributed by atoms with van der Waals surface area (Å²) in [5.41, 5.74) is 0.756. The molecule has 0 aliphatic heterocycles. The molecule has 8 heteroatoms. The number of rotatable bonds is 9. The molecule has 0 unspecified atom stereocenters. The first-order valence-electron chi connectivity index (χ1n) is 9.12. The van der Waals surface area contributed by atoms with E-state index in [1.165, 1.54) is 24.3 Å². The lowest BCUT2D eigenvalue weighted by atomic mass is 10.1. The predicted molar refractivity (Wildman–Crippen MR) is 111 cm³/mol. The average Bonchev–Trinajstić information content (AvgIpc) is 2.71. The molecule has 0 radical (unpaired) electrons. The van der Waals surface area contributed by atoms with Crippen molar-refractivity contribution >= 4 is 23.6 Å². The number of hydrogen-bond donors (Lipinski definition) is 2. The molecule has 0 aromatic heterocycles. The molecule has 2 aromatic carbocycles. The Kier molecular flexibility index (Phi) is 8.05. The Balaban J connectivity index is 2.22. The number of carbonyl (C=O) groups excluding carboxylic acids is 2. The van der Waals surface area contributed by atoms with Gasteiger partial charge in [-0.15, -0.1) is 0 Å². The van der Waals surface area contributed by atoms with Gasteiger partial charge in [0.25, 0.3) is 17.5 Å². The molecule has 2 aromatic rings. The molecule has 8 nitrogen and oxygen atoms in total. The van der Waals surface area contributed by atoms with Crippen LogP contribution in [-0.2, 0) is 4.79 Å². The van der Waals surface area contributed by atoms with Crippen LogP contribution in [0.25, 0.3) is 6.08 Å². The third kappa shape index (κ3) is 7.19. The number of nitrogens with one attached hydrogen (secondary N) is 2. The normalized spacial score (nSPS) is 11.2. The molecular formula is C21H24N4O4. The number of non-ortho nitro benzene ring substituents is 1. The van der Waals surface area contributed by atoms with Gasteiger partial charge < -0.3 is 15.5 Å². The third-order valence-corrected chi connectivity index (χ3v) is 3.99. The van der Waals surface area contributed by atoms with E-state index in [0.717, 1.165) is 13.0 Å². The van der Waals surface area contributed by atoms with E-state index in [1.54, 1.807) is 36.4 Å². The molecule has 0 aliphatic carbocycles. The Hall–Kier alpha value is -3.52. The number of benzene rings is 2. The summed E-state index contributed by atoms with van der Waals surface area (Å²) in [5.74, 6) is -0.898. The molecule has 0 saturated heterocycles. The molecule has 0 fully saturated rings. The van der Waals surface area contributed by atoms with Gasteiger partial charge in [0.1, 0.15) is 5.70 Å². The highest BCUT2D eigenvalue weighted by atomic mass is 16.6. The number of nitro groups is 1. The fourth-order valence-corrected chi connectivity index (χ4v) is 2.53. The minimum absolute atomic E-state index is 0.0178. The van der Waals surface area contributed by atoms with Crippen molar-refractivity contribution in [2.45, 2.75) is 6.42 Å². The summed E-state index contributed by atoms with van der Waals surface area (Å²) in [7, 11) is 3.88. The predicted octanol–water partition coefficient (Wildman–Crippen LogP) is 2.43. The topological polar surface area (TPSA) is 105 Å². The minimum atomic E-state index is -0.513. The summed E-state index contributed by atoms with van der Waals surface area (Å²) in [6, 6.07) is 14.4. The van der Waals surface area contributed by atoms with Gasteiger partial charge in [-0.25, -0.2) is 0 Å². The van der Waals surface area contributed by atoms with E-state index in [9.17, 15) is 19.7 Å². The lowest BCUT2D eigenvalue weighted by Gasteiger charge is -2.13. The zero-order chi connectivity index (χ0) is 21.2.